The molecule has 3 atom stereocenters. The van der Waals surface area contributed by atoms with Gasteiger partial charge in [0.05, 0.1) is 0 Å². The Balaban J connectivity index is 2.10. The average Bonchev–Trinajstić information content (AvgIpc) is 2.72. The van der Waals surface area contributed by atoms with Gasteiger partial charge in [0, 0.05) is 5.92 Å². The van der Waals surface area contributed by atoms with Crippen molar-refractivity contribution in [2.24, 2.45) is 17.8 Å². The van der Waals surface area contributed by atoms with Crippen LogP contribution in [0, 0.1) is 17.8 Å². The van der Waals surface area contributed by atoms with E-state index in [1.807, 2.05) is 0 Å². The van der Waals surface area contributed by atoms with E-state index in [2.05, 4.69) is 69.3 Å². The molecule has 1 saturated carbocycles. The Labute approximate surface area is 129 Å². The molecule has 0 amide bonds. The molecule has 0 nitrogen and oxygen atoms in total. The average molecular weight is 278 g/mol. The van der Waals surface area contributed by atoms with Crippen LogP contribution in [0.2, 0.25) is 0 Å². The van der Waals surface area contributed by atoms with Gasteiger partial charge in [0.25, 0.3) is 0 Å². The summed E-state index contributed by atoms with van der Waals surface area (Å²) < 4.78 is 0. The summed E-state index contributed by atoms with van der Waals surface area (Å²) >= 11 is 0. The topological polar surface area (TPSA) is 0 Å². The van der Waals surface area contributed by atoms with E-state index in [-0.39, 0.29) is 0 Å². The summed E-state index contributed by atoms with van der Waals surface area (Å²) in [6.45, 7) is 7.07. The number of rotatable bonds is 3. The van der Waals surface area contributed by atoms with E-state index in [1.165, 1.54) is 36.0 Å². The SMILES string of the molecule is CCCC1CC2C(C)=CC=CC(c3ccccc3)=C2C1C. The minimum Gasteiger partial charge on any atom is -0.0661 e. The Morgan fingerprint density at radius 2 is 1.90 bits per heavy atom. The molecule has 2 aliphatic carbocycles. The molecule has 0 heteroatoms. The molecule has 0 aromatic heterocycles. The summed E-state index contributed by atoms with van der Waals surface area (Å²) in [6, 6.07) is 10.9. The first-order chi connectivity index (χ1) is 10.2. The van der Waals surface area contributed by atoms with Crippen LogP contribution < -0.4 is 0 Å². The van der Waals surface area contributed by atoms with E-state index >= 15 is 0 Å². The number of hydrogen-bond donors (Lipinski definition) is 0. The standard InChI is InChI=1S/C21H26/c1-4-9-18-14-20-15(2)10-8-13-19(21(20)16(18)3)17-11-6-5-7-12-17/h5-8,10-13,16,18,20H,4,9,14H2,1-3H3. The third-order valence-corrected chi connectivity index (χ3v) is 5.34. The minimum absolute atomic E-state index is 0.654. The number of hydrogen-bond acceptors (Lipinski definition) is 0. The van der Waals surface area contributed by atoms with Gasteiger partial charge in [-0.1, -0.05) is 86.4 Å². The van der Waals surface area contributed by atoms with E-state index < -0.39 is 0 Å². The van der Waals surface area contributed by atoms with Crippen molar-refractivity contribution in [3.8, 4) is 0 Å². The Morgan fingerprint density at radius 3 is 2.62 bits per heavy atom. The van der Waals surface area contributed by atoms with Crippen LogP contribution in [0.25, 0.3) is 5.57 Å². The molecule has 1 fully saturated rings. The Morgan fingerprint density at radius 1 is 1.14 bits per heavy atom. The quantitative estimate of drug-likeness (QED) is 0.633. The van der Waals surface area contributed by atoms with Gasteiger partial charge < -0.3 is 0 Å². The van der Waals surface area contributed by atoms with E-state index in [4.69, 9.17) is 0 Å². The van der Waals surface area contributed by atoms with Gasteiger partial charge in [-0.2, -0.15) is 0 Å². The maximum atomic E-state index is 2.45. The number of fused-ring (bicyclic) bond motifs is 1. The van der Waals surface area contributed by atoms with Crippen molar-refractivity contribution in [2.75, 3.05) is 0 Å². The fourth-order valence-corrected chi connectivity index (χ4v) is 4.20. The highest BCUT2D eigenvalue weighted by molar-refractivity contribution is 5.79. The van der Waals surface area contributed by atoms with E-state index in [0.717, 1.165) is 5.92 Å². The smallest absolute Gasteiger partial charge is 0.00221 e. The maximum absolute atomic E-state index is 2.45. The molecule has 1 aromatic carbocycles. The summed E-state index contributed by atoms with van der Waals surface area (Å²) in [5, 5.41) is 0. The second kappa shape index (κ2) is 6.05. The van der Waals surface area contributed by atoms with Crippen molar-refractivity contribution < 1.29 is 0 Å². The summed E-state index contributed by atoms with van der Waals surface area (Å²) in [4.78, 5) is 0. The first-order valence-electron chi connectivity index (χ1n) is 8.36. The molecule has 2 aliphatic rings. The van der Waals surface area contributed by atoms with Crippen LogP contribution in [0.4, 0.5) is 0 Å². The van der Waals surface area contributed by atoms with Crippen LogP contribution in [0.5, 0.6) is 0 Å². The monoisotopic (exact) mass is 278 g/mol. The number of benzene rings is 1. The molecule has 0 aliphatic heterocycles. The van der Waals surface area contributed by atoms with Crippen molar-refractivity contribution >= 4 is 5.57 Å². The van der Waals surface area contributed by atoms with Crippen LogP contribution in [0.3, 0.4) is 0 Å². The van der Waals surface area contributed by atoms with Gasteiger partial charge in [-0.05, 0) is 36.3 Å². The molecular weight excluding hydrogens is 252 g/mol. The van der Waals surface area contributed by atoms with Crippen molar-refractivity contribution in [3.63, 3.8) is 0 Å². The van der Waals surface area contributed by atoms with Crippen molar-refractivity contribution in [1.29, 1.82) is 0 Å². The van der Waals surface area contributed by atoms with Crippen molar-refractivity contribution in [2.45, 2.75) is 40.0 Å². The summed E-state index contributed by atoms with van der Waals surface area (Å²) in [6.07, 6.45) is 10.9. The van der Waals surface area contributed by atoms with Gasteiger partial charge in [0.15, 0.2) is 0 Å². The minimum atomic E-state index is 0.654. The summed E-state index contributed by atoms with van der Waals surface area (Å²) in [5.74, 6) is 2.21. The molecule has 1 aromatic rings. The van der Waals surface area contributed by atoms with E-state index in [9.17, 15) is 0 Å². The van der Waals surface area contributed by atoms with E-state index in [1.54, 1.807) is 5.57 Å². The lowest BCUT2D eigenvalue weighted by atomic mass is 9.85. The lowest BCUT2D eigenvalue weighted by Crippen LogP contribution is -2.06. The Hall–Kier alpha value is -1.56. The first-order valence-corrected chi connectivity index (χ1v) is 8.36. The van der Waals surface area contributed by atoms with Crippen LogP contribution in [0.15, 0.2) is 59.7 Å². The largest absolute Gasteiger partial charge is 0.0661 e. The van der Waals surface area contributed by atoms with Gasteiger partial charge in [0.2, 0.25) is 0 Å². The third-order valence-electron chi connectivity index (χ3n) is 5.34. The highest BCUT2D eigenvalue weighted by Crippen LogP contribution is 2.50. The van der Waals surface area contributed by atoms with Gasteiger partial charge in [-0.15, -0.1) is 0 Å². The van der Waals surface area contributed by atoms with Gasteiger partial charge >= 0.3 is 0 Å². The molecule has 0 spiro atoms. The maximum Gasteiger partial charge on any atom is 0.00221 e. The third kappa shape index (κ3) is 2.64. The zero-order valence-electron chi connectivity index (χ0n) is 13.5. The second-order valence-electron chi connectivity index (χ2n) is 6.63. The predicted molar refractivity (Wildman–Crippen MR) is 91.9 cm³/mol. The fraction of sp³-hybridized carbons (Fsp3) is 0.429. The van der Waals surface area contributed by atoms with Gasteiger partial charge in [0.1, 0.15) is 0 Å². The molecule has 0 N–H and O–H groups in total. The predicted octanol–water partition coefficient (Wildman–Crippen LogP) is 6.03. The van der Waals surface area contributed by atoms with Crippen molar-refractivity contribution in [3.05, 3.63) is 65.3 Å². The molecule has 0 saturated heterocycles. The molecule has 110 valence electrons. The Bertz CT molecular complexity index is 586. The van der Waals surface area contributed by atoms with Crippen LogP contribution in [-0.4, -0.2) is 0 Å². The first kappa shape index (κ1) is 14.4. The zero-order valence-corrected chi connectivity index (χ0v) is 13.5. The Kier molecular flexibility index (Phi) is 4.14. The molecule has 0 radical (unpaired) electrons. The molecule has 0 heterocycles. The highest BCUT2D eigenvalue weighted by atomic mass is 14.4. The molecule has 21 heavy (non-hydrogen) atoms. The van der Waals surface area contributed by atoms with E-state index in [0.29, 0.717) is 11.8 Å². The normalized spacial score (nSPS) is 28.3. The van der Waals surface area contributed by atoms with Crippen LogP contribution in [0.1, 0.15) is 45.6 Å². The molecule has 0 bridgehead atoms. The fourth-order valence-electron chi connectivity index (χ4n) is 4.20. The van der Waals surface area contributed by atoms with Crippen LogP contribution >= 0.6 is 0 Å². The molecule has 3 rings (SSSR count). The lowest BCUT2D eigenvalue weighted by molar-refractivity contribution is 0.405. The number of allylic oxidation sites excluding steroid dienone is 6. The summed E-state index contributed by atoms with van der Waals surface area (Å²) in [5.41, 5.74) is 6.07. The van der Waals surface area contributed by atoms with Crippen molar-refractivity contribution in [1.82, 2.24) is 0 Å². The van der Waals surface area contributed by atoms with Gasteiger partial charge in [-0.25, -0.2) is 0 Å². The zero-order chi connectivity index (χ0) is 14.8. The second-order valence-corrected chi connectivity index (χ2v) is 6.63. The lowest BCUT2D eigenvalue weighted by Gasteiger charge is -2.19. The highest BCUT2D eigenvalue weighted by Gasteiger charge is 2.38. The summed E-state index contributed by atoms with van der Waals surface area (Å²) in [7, 11) is 0. The van der Waals surface area contributed by atoms with Gasteiger partial charge in [-0.3, -0.25) is 0 Å². The molecular formula is C21H26. The van der Waals surface area contributed by atoms with Crippen LogP contribution in [-0.2, 0) is 0 Å². The molecule has 3 unspecified atom stereocenters.